The van der Waals surface area contributed by atoms with E-state index in [-0.39, 0.29) is 17.6 Å². The third kappa shape index (κ3) is 3.58. The zero-order valence-corrected chi connectivity index (χ0v) is 15.3. The topological polar surface area (TPSA) is 63.1 Å². The van der Waals surface area contributed by atoms with Crippen molar-refractivity contribution in [3.63, 3.8) is 0 Å². The van der Waals surface area contributed by atoms with E-state index in [0.717, 1.165) is 30.2 Å². The highest BCUT2D eigenvalue weighted by Gasteiger charge is 2.26. The van der Waals surface area contributed by atoms with E-state index in [1.54, 1.807) is 17.7 Å². The van der Waals surface area contributed by atoms with E-state index in [0.29, 0.717) is 11.6 Å². The molecular weight excluding hydrogens is 338 g/mol. The molecule has 0 spiro atoms. The number of hydrogen-bond acceptors (Lipinski definition) is 2. The average Bonchev–Trinajstić information content (AvgIpc) is 3.14. The number of hydrogen-bond donors (Lipinski definition) is 2. The van der Waals surface area contributed by atoms with Crippen molar-refractivity contribution < 1.29 is 4.79 Å². The number of rotatable bonds is 3. The largest absolute Gasteiger partial charge is 0.335 e. The number of pyridine rings is 1. The molecule has 2 amide bonds. The molecule has 0 saturated heterocycles. The molecule has 4 rings (SSSR count). The van der Waals surface area contributed by atoms with E-state index in [1.807, 2.05) is 24.3 Å². The predicted octanol–water partition coefficient (Wildman–Crippen LogP) is 4.00. The molecule has 1 heterocycles. The van der Waals surface area contributed by atoms with Crippen LogP contribution in [0.25, 0.3) is 10.9 Å². The third-order valence-corrected chi connectivity index (χ3v) is 5.45. The second-order valence-electron chi connectivity index (χ2n) is 7.19. The first-order valence-electron chi connectivity index (χ1n) is 9.33. The molecule has 1 aromatic heterocycles. The molecule has 3 aromatic rings. The summed E-state index contributed by atoms with van der Waals surface area (Å²) in [7, 11) is 1.73. The van der Waals surface area contributed by atoms with Crippen LogP contribution in [0.5, 0.6) is 0 Å². The number of fused-ring (bicyclic) bond motifs is 1. The molecule has 1 aliphatic rings. The van der Waals surface area contributed by atoms with Gasteiger partial charge in [-0.3, -0.25) is 4.79 Å². The lowest BCUT2D eigenvalue weighted by Crippen LogP contribution is -2.36. The van der Waals surface area contributed by atoms with Crippen LogP contribution < -0.4 is 16.2 Å². The van der Waals surface area contributed by atoms with Gasteiger partial charge in [0.25, 0.3) is 5.56 Å². The van der Waals surface area contributed by atoms with Crippen molar-refractivity contribution in [2.75, 3.05) is 5.32 Å². The van der Waals surface area contributed by atoms with Crippen molar-refractivity contribution in [3.8, 4) is 0 Å². The van der Waals surface area contributed by atoms with Crippen LogP contribution in [-0.4, -0.2) is 16.6 Å². The number of aromatic nitrogens is 1. The van der Waals surface area contributed by atoms with Crippen molar-refractivity contribution in [1.29, 1.82) is 0 Å². The number of aryl methyl sites for hydroxylation is 1. The predicted molar refractivity (Wildman–Crippen MR) is 108 cm³/mol. The molecule has 1 aliphatic carbocycles. The Morgan fingerprint density at radius 3 is 2.63 bits per heavy atom. The number of benzene rings is 2. The van der Waals surface area contributed by atoms with E-state index in [1.165, 1.54) is 11.6 Å². The Kier molecular flexibility index (Phi) is 4.67. The summed E-state index contributed by atoms with van der Waals surface area (Å²) >= 11 is 0. The monoisotopic (exact) mass is 361 g/mol. The van der Waals surface area contributed by atoms with Crippen LogP contribution in [0.1, 0.15) is 30.7 Å². The van der Waals surface area contributed by atoms with E-state index in [2.05, 4.69) is 34.9 Å². The van der Waals surface area contributed by atoms with E-state index >= 15 is 0 Å². The Morgan fingerprint density at radius 1 is 1.00 bits per heavy atom. The van der Waals surface area contributed by atoms with Crippen LogP contribution in [0.4, 0.5) is 10.5 Å². The zero-order chi connectivity index (χ0) is 18.8. The number of amides is 2. The minimum absolute atomic E-state index is 0.0676. The fourth-order valence-corrected chi connectivity index (χ4v) is 4.00. The van der Waals surface area contributed by atoms with Crippen molar-refractivity contribution in [2.24, 2.45) is 7.05 Å². The number of carbonyl (C=O) groups is 1. The summed E-state index contributed by atoms with van der Waals surface area (Å²) in [4.78, 5) is 24.3. The van der Waals surface area contributed by atoms with Gasteiger partial charge in [-0.05, 0) is 48.9 Å². The highest BCUT2D eigenvalue weighted by Crippen LogP contribution is 2.34. The Hall–Kier alpha value is -3.08. The Morgan fingerprint density at radius 2 is 1.81 bits per heavy atom. The van der Waals surface area contributed by atoms with Crippen molar-refractivity contribution in [3.05, 3.63) is 76.6 Å². The smallest absolute Gasteiger partial charge is 0.319 e. The van der Waals surface area contributed by atoms with Gasteiger partial charge in [-0.15, -0.1) is 0 Å². The molecule has 27 heavy (non-hydrogen) atoms. The SMILES string of the molecule is Cn1c(=O)ccc2c(NC(=O)N[C@H]3CC[C@H](c4ccccc4)C3)cccc21. The van der Waals surface area contributed by atoms with Crippen molar-refractivity contribution in [1.82, 2.24) is 9.88 Å². The third-order valence-electron chi connectivity index (χ3n) is 5.45. The van der Waals surface area contributed by atoms with E-state index in [4.69, 9.17) is 0 Å². The van der Waals surface area contributed by atoms with Gasteiger partial charge in [0, 0.05) is 24.5 Å². The summed E-state index contributed by atoms with van der Waals surface area (Å²) in [6, 6.07) is 19.3. The summed E-state index contributed by atoms with van der Waals surface area (Å²) in [5.74, 6) is 0.503. The van der Waals surface area contributed by atoms with Gasteiger partial charge >= 0.3 is 6.03 Å². The van der Waals surface area contributed by atoms with E-state index in [9.17, 15) is 9.59 Å². The molecule has 0 aliphatic heterocycles. The number of nitrogens with zero attached hydrogens (tertiary/aromatic N) is 1. The minimum atomic E-state index is -0.199. The first-order chi connectivity index (χ1) is 13.1. The molecular formula is C22H23N3O2. The number of nitrogens with one attached hydrogen (secondary N) is 2. The van der Waals surface area contributed by atoms with Crippen LogP contribution >= 0.6 is 0 Å². The zero-order valence-electron chi connectivity index (χ0n) is 15.3. The first kappa shape index (κ1) is 17.3. The summed E-state index contributed by atoms with van der Waals surface area (Å²) in [6.45, 7) is 0. The molecule has 5 heteroatoms. The van der Waals surface area contributed by atoms with Gasteiger partial charge < -0.3 is 15.2 Å². The van der Waals surface area contributed by atoms with Gasteiger partial charge in [-0.1, -0.05) is 36.4 Å². The van der Waals surface area contributed by atoms with Crippen LogP contribution in [0.3, 0.4) is 0 Å². The van der Waals surface area contributed by atoms with Gasteiger partial charge in [-0.2, -0.15) is 0 Å². The van der Waals surface area contributed by atoms with Gasteiger partial charge in [-0.25, -0.2) is 4.79 Å². The molecule has 0 radical (unpaired) electrons. The quantitative estimate of drug-likeness (QED) is 0.741. The minimum Gasteiger partial charge on any atom is -0.335 e. The summed E-state index contributed by atoms with van der Waals surface area (Å²) in [6.07, 6.45) is 3.03. The maximum Gasteiger partial charge on any atom is 0.319 e. The maximum atomic E-state index is 12.5. The molecule has 1 fully saturated rings. The molecule has 0 bridgehead atoms. The molecule has 2 N–H and O–H groups in total. The molecule has 5 nitrogen and oxygen atoms in total. The van der Waals surface area contributed by atoms with Crippen molar-refractivity contribution in [2.45, 2.75) is 31.2 Å². The Labute approximate surface area is 158 Å². The number of anilines is 1. The Balaban J connectivity index is 1.44. The molecule has 138 valence electrons. The standard InChI is InChI=1S/C22H23N3O2/c1-25-20-9-5-8-19(18(20)12-13-21(25)26)24-22(27)23-17-11-10-16(14-17)15-6-3-2-4-7-15/h2-9,12-13,16-17H,10-11,14H2,1H3,(H2,23,24,27)/t16-,17-/m0/s1. The maximum absolute atomic E-state index is 12.5. The van der Waals surface area contributed by atoms with Crippen LogP contribution in [0, 0.1) is 0 Å². The Bertz CT molecular complexity index is 1030. The summed E-state index contributed by atoms with van der Waals surface area (Å²) < 4.78 is 1.58. The highest BCUT2D eigenvalue weighted by molar-refractivity contribution is 6.00. The average molecular weight is 361 g/mol. The normalized spacial score (nSPS) is 19.1. The molecule has 0 unspecified atom stereocenters. The van der Waals surface area contributed by atoms with Gasteiger partial charge in [0.15, 0.2) is 0 Å². The second kappa shape index (κ2) is 7.27. The van der Waals surface area contributed by atoms with E-state index < -0.39 is 0 Å². The lowest BCUT2D eigenvalue weighted by molar-refractivity contribution is 0.248. The molecule has 2 aromatic carbocycles. The summed E-state index contributed by atoms with van der Waals surface area (Å²) in [5, 5.41) is 6.90. The lowest BCUT2D eigenvalue weighted by atomic mass is 9.98. The molecule has 1 saturated carbocycles. The van der Waals surface area contributed by atoms with Crippen molar-refractivity contribution >= 4 is 22.6 Å². The highest BCUT2D eigenvalue weighted by atomic mass is 16.2. The van der Waals surface area contributed by atoms with Gasteiger partial charge in [0.2, 0.25) is 0 Å². The van der Waals surface area contributed by atoms with Crippen LogP contribution in [0.15, 0.2) is 65.5 Å². The van der Waals surface area contributed by atoms with Gasteiger partial charge in [0.1, 0.15) is 0 Å². The fourth-order valence-electron chi connectivity index (χ4n) is 4.00. The lowest BCUT2D eigenvalue weighted by Gasteiger charge is -2.16. The molecule has 2 atom stereocenters. The fraction of sp³-hybridized carbons (Fsp3) is 0.273. The first-order valence-corrected chi connectivity index (χ1v) is 9.33. The summed E-state index contributed by atoms with van der Waals surface area (Å²) in [5.41, 5.74) is 2.78. The van der Waals surface area contributed by atoms with Gasteiger partial charge in [0.05, 0.1) is 11.2 Å². The van der Waals surface area contributed by atoms with Crippen LogP contribution in [-0.2, 0) is 7.05 Å². The van der Waals surface area contributed by atoms with Crippen LogP contribution in [0.2, 0.25) is 0 Å². The second-order valence-corrected chi connectivity index (χ2v) is 7.19. The number of carbonyl (C=O) groups excluding carboxylic acids is 1. The number of urea groups is 1.